The van der Waals surface area contributed by atoms with Crippen molar-refractivity contribution >= 4 is 92.2 Å². The van der Waals surface area contributed by atoms with Crippen LogP contribution in [0.2, 0.25) is 0 Å². The van der Waals surface area contributed by atoms with E-state index in [1.54, 1.807) is 0 Å². The minimum absolute atomic E-state index is 0.954. The summed E-state index contributed by atoms with van der Waals surface area (Å²) >= 11 is 1.88. The lowest BCUT2D eigenvalue weighted by Gasteiger charge is -2.11. The molecule has 0 aliphatic heterocycles. The summed E-state index contributed by atoms with van der Waals surface area (Å²) in [5.41, 5.74) is 16.5. The summed E-state index contributed by atoms with van der Waals surface area (Å²) in [6, 6.07) is 71.6. The molecule has 0 radical (unpaired) electrons. The summed E-state index contributed by atoms with van der Waals surface area (Å²) < 4.78 is 14.0. The van der Waals surface area contributed by atoms with Crippen molar-refractivity contribution in [3.8, 4) is 44.8 Å². The molecule has 4 heteroatoms. The molecule has 300 valence electrons. The number of furan rings is 1. The zero-order valence-corrected chi connectivity index (χ0v) is 35.6. The molecule has 0 saturated heterocycles. The van der Waals surface area contributed by atoms with Crippen LogP contribution in [0.4, 0.5) is 0 Å². The number of aryl methyl sites for hydroxylation is 1. The summed E-state index contributed by atoms with van der Waals surface area (Å²) in [5, 5.41) is 8.83. The van der Waals surface area contributed by atoms with Crippen LogP contribution >= 0.6 is 11.3 Å². The highest BCUT2D eigenvalue weighted by Gasteiger charge is 2.20. The zero-order chi connectivity index (χ0) is 41.9. The fourth-order valence-electron chi connectivity index (χ4n) is 10.6. The van der Waals surface area contributed by atoms with Crippen LogP contribution in [0.1, 0.15) is 17.7 Å². The molecule has 1 aliphatic carbocycles. The average Bonchev–Trinajstić information content (AvgIpc) is 4.12. The highest BCUT2D eigenvalue weighted by atomic mass is 32.1. The molecule has 0 unspecified atom stereocenters. The van der Waals surface area contributed by atoms with Crippen molar-refractivity contribution in [1.82, 2.24) is 9.13 Å². The van der Waals surface area contributed by atoms with Gasteiger partial charge in [0, 0.05) is 76.0 Å². The lowest BCUT2D eigenvalue weighted by Crippen LogP contribution is -1.94. The van der Waals surface area contributed by atoms with E-state index >= 15 is 0 Å². The Balaban J connectivity index is 0.839. The molecular formula is C60H38N2OS. The quantitative estimate of drug-likeness (QED) is 0.169. The van der Waals surface area contributed by atoms with Crippen molar-refractivity contribution in [2.45, 2.75) is 12.8 Å². The van der Waals surface area contributed by atoms with Crippen LogP contribution < -0.4 is 0 Å². The van der Waals surface area contributed by atoms with Gasteiger partial charge in [-0.3, -0.25) is 0 Å². The van der Waals surface area contributed by atoms with Gasteiger partial charge >= 0.3 is 0 Å². The molecule has 0 fully saturated rings. The van der Waals surface area contributed by atoms with Gasteiger partial charge in [-0.2, -0.15) is 0 Å². The van der Waals surface area contributed by atoms with Crippen LogP contribution in [0.15, 0.2) is 205 Å². The molecule has 13 aromatic rings. The van der Waals surface area contributed by atoms with Crippen molar-refractivity contribution in [2.75, 3.05) is 0 Å². The highest BCUT2D eigenvalue weighted by molar-refractivity contribution is 7.26. The lowest BCUT2D eigenvalue weighted by atomic mass is 9.99. The van der Waals surface area contributed by atoms with E-state index in [2.05, 4.69) is 215 Å². The van der Waals surface area contributed by atoms with Crippen LogP contribution in [0.25, 0.3) is 126 Å². The second-order valence-corrected chi connectivity index (χ2v) is 18.2. The monoisotopic (exact) mass is 834 g/mol. The normalized spacial score (nSPS) is 12.8. The van der Waals surface area contributed by atoms with Gasteiger partial charge in [-0.05, 0) is 101 Å². The van der Waals surface area contributed by atoms with Gasteiger partial charge < -0.3 is 13.6 Å². The van der Waals surface area contributed by atoms with Crippen molar-refractivity contribution in [1.29, 1.82) is 0 Å². The molecule has 0 bridgehead atoms. The van der Waals surface area contributed by atoms with E-state index in [0.717, 1.165) is 46.7 Å². The summed E-state index contributed by atoms with van der Waals surface area (Å²) in [6.07, 6.45) is 6.45. The number of allylic oxidation sites excluding steroid dienone is 1. The number of benzene rings is 9. The first-order valence-electron chi connectivity index (χ1n) is 22.1. The van der Waals surface area contributed by atoms with E-state index in [1.165, 1.54) is 97.0 Å². The predicted octanol–water partition coefficient (Wildman–Crippen LogP) is 17.0. The van der Waals surface area contributed by atoms with E-state index in [0.29, 0.717) is 0 Å². The van der Waals surface area contributed by atoms with Crippen LogP contribution in [-0.4, -0.2) is 9.13 Å². The van der Waals surface area contributed by atoms with Gasteiger partial charge in [-0.1, -0.05) is 140 Å². The molecule has 0 spiro atoms. The van der Waals surface area contributed by atoms with Gasteiger partial charge in [0.05, 0.1) is 22.1 Å². The maximum Gasteiger partial charge on any atom is 0.142 e. The third kappa shape index (κ3) is 5.27. The van der Waals surface area contributed by atoms with E-state index in [9.17, 15) is 0 Å². The lowest BCUT2D eigenvalue weighted by molar-refractivity contribution is 0.547. The molecule has 0 amide bonds. The van der Waals surface area contributed by atoms with Gasteiger partial charge in [-0.15, -0.1) is 11.3 Å². The molecule has 0 saturated carbocycles. The minimum Gasteiger partial charge on any atom is -0.460 e. The number of thiophene rings is 1. The topological polar surface area (TPSA) is 23.0 Å². The number of hydrogen-bond acceptors (Lipinski definition) is 2. The number of hydrogen-bond donors (Lipinski definition) is 0. The first-order valence-corrected chi connectivity index (χ1v) is 22.9. The van der Waals surface area contributed by atoms with Gasteiger partial charge in [-0.25, -0.2) is 0 Å². The van der Waals surface area contributed by atoms with Crippen LogP contribution in [-0.2, 0) is 6.42 Å². The van der Waals surface area contributed by atoms with E-state index in [4.69, 9.17) is 4.42 Å². The van der Waals surface area contributed by atoms with Gasteiger partial charge in [0.1, 0.15) is 11.3 Å². The number of fused-ring (bicyclic) bond motifs is 12. The number of rotatable bonds is 5. The smallest absolute Gasteiger partial charge is 0.142 e. The SMILES string of the molecule is C1=Cc2c(oc3c(-c4ccc(-n5c6ccccc6c6cc(-c7ccc8c(c7)c7ccccc7n8-c7ccc(-c8cccc9c8sc8ccccc89)cc7)ccc65)cc4)cccc23)CC1. The molecule has 3 nitrogen and oxygen atoms in total. The summed E-state index contributed by atoms with van der Waals surface area (Å²) in [4.78, 5) is 0. The average molecular weight is 835 g/mol. The molecule has 4 heterocycles. The Hall–Kier alpha value is -7.92. The molecule has 4 aromatic heterocycles. The molecule has 64 heavy (non-hydrogen) atoms. The Morgan fingerprint density at radius 3 is 1.58 bits per heavy atom. The Morgan fingerprint density at radius 1 is 0.406 bits per heavy atom. The molecule has 14 rings (SSSR count). The second kappa shape index (κ2) is 13.8. The van der Waals surface area contributed by atoms with Gasteiger partial charge in [0.2, 0.25) is 0 Å². The Bertz CT molecular complexity index is 4060. The maximum atomic E-state index is 6.49. The van der Waals surface area contributed by atoms with Crippen molar-refractivity contribution < 1.29 is 4.42 Å². The third-order valence-corrected chi connectivity index (χ3v) is 14.8. The van der Waals surface area contributed by atoms with Crippen molar-refractivity contribution in [3.05, 3.63) is 212 Å². The Labute approximate surface area is 373 Å². The first kappa shape index (κ1) is 35.7. The van der Waals surface area contributed by atoms with Gasteiger partial charge in [0.25, 0.3) is 0 Å². The fourth-order valence-corrected chi connectivity index (χ4v) is 11.9. The molecular weight excluding hydrogens is 797 g/mol. The maximum absolute atomic E-state index is 6.49. The molecule has 0 atom stereocenters. The van der Waals surface area contributed by atoms with E-state index in [1.807, 2.05) is 11.3 Å². The van der Waals surface area contributed by atoms with Crippen molar-refractivity contribution in [2.24, 2.45) is 0 Å². The third-order valence-electron chi connectivity index (χ3n) is 13.6. The number of nitrogens with zero attached hydrogens (tertiary/aromatic N) is 2. The number of aromatic nitrogens is 2. The minimum atomic E-state index is 0.954. The Kier molecular flexibility index (Phi) is 7.68. The fraction of sp³-hybridized carbons (Fsp3) is 0.0333. The second-order valence-electron chi connectivity index (χ2n) is 17.1. The first-order chi connectivity index (χ1) is 31.7. The standard InChI is InChI=1S/C60H38N2OS/c1-5-19-53-45(11-1)51-35-39(27-33-55(51)61(53)41-29-23-37(24-30-41)43-15-9-17-49-47-13-3-7-21-57(47)63-59(43)49)40-28-34-56-52(36-40)46-12-2-6-20-54(46)62(56)42-31-25-38(26-32-42)44-16-10-18-50-48-14-4-8-22-58(48)64-60(44)50/h1-6,8-20,22-36H,7,21H2. The van der Waals surface area contributed by atoms with Crippen LogP contribution in [0, 0.1) is 0 Å². The van der Waals surface area contributed by atoms with E-state index in [-0.39, 0.29) is 0 Å². The highest BCUT2D eigenvalue weighted by Crippen LogP contribution is 2.43. The van der Waals surface area contributed by atoms with Crippen LogP contribution in [0.5, 0.6) is 0 Å². The predicted molar refractivity (Wildman–Crippen MR) is 271 cm³/mol. The molecule has 0 N–H and O–H groups in total. The van der Waals surface area contributed by atoms with E-state index < -0.39 is 0 Å². The molecule has 9 aromatic carbocycles. The van der Waals surface area contributed by atoms with Crippen LogP contribution in [0.3, 0.4) is 0 Å². The number of para-hydroxylation sites is 3. The van der Waals surface area contributed by atoms with Crippen molar-refractivity contribution in [3.63, 3.8) is 0 Å². The van der Waals surface area contributed by atoms with Gasteiger partial charge in [0.15, 0.2) is 0 Å². The largest absolute Gasteiger partial charge is 0.460 e. The summed E-state index contributed by atoms with van der Waals surface area (Å²) in [5.74, 6) is 1.09. The Morgan fingerprint density at radius 2 is 0.922 bits per heavy atom. The zero-order valence-electron chi connectivity index (χ0n) is 34.8. The summed E-state index contributed by atoms with van der Waals surface area (Å²) in [7, 11) is 0. The summed E-state index contributed by atoms with van der Waals surface area (Å²) in [6.45, 7) is 0. The molecule has 1 aliphatic rings.